The molecule has 3 aliphatic heterocycles. The first kappa shape index (κ1) is 14.8. The van der Waals surface area contributed by atoms with Crippen molar-refractivity contribution in [1.29, 1.82) is 0 Å². The molecule has 0 aromatic heterocycles. The van der Waals surface area contributed by atoms with Crippen molar-refractivity contribution in [2.24, 2.45) is 4.99 Å². The van der Waals surface area contributed by atoms with Crippen molar-refractivity contribution in [2.75, 3.05) is 26.3 Å². The first-order chi connectivity index (χ1) is 11.2. The number of benzene rings is 1. The Morgan fingerprint density at radius 3 is 3.00 bits per heavy atom. The van der Waals surface area contributed by atoms with Crippen molar-refractivity contribution in [3.63, 3.8) is 0 Å². The van der Waals surface area contributed by atoms with Crippen molar-refractivity contribution in [3.05, 3.63) is 34.2 Å². The molecule has 0 aliphatic carbocycles. The summed E-state index contributed by atoms with van der Waals surface area (Å²) in [7, 11) is 0. The van der Waals surface area contributed by atoms with E-state index in [4.69, 9.17) is 9.47 Å². The molecule has 0 saturated carbocycles. The van der Waals surface area contributed by atoms with E-state index in [9.17, 15) is 4.79 Å². The van der Waals surface area contributed by atoms with Crippen LogP contribution in [0.2, 0.25) is 0 Å². The van der Waals surface area contributed by atoms with E-state index in [0.717, 1.165) is 36.0 Å². The van der Waals surface area contributed by atoms with E-state index >= 15 is 0 Å². The molecule has 1 amide bonds. The zero-order valence-electron chi connectivity index (χ0n) is 12.9. The Labute approximate surface area is 139 Å². The van der Waals surface area contributed by atoms with Gasteiger partial charge in [-0.1, -0.05) is 6.07 Å². The minimum Gasteiger partial charge on any atom is -0.490 e. The fourth-order valence-electron chi connectivity index (χ4n) is 2.97. The fraction of sp³-hybridized carbons (Fsp3) is 0.412. The topological polar surface area (TPSA) is 51.1 Å². The van der Waals surface area contributed by atoms with Crippen LogP contribution >= 0.6 is 11.8 Å². The Morgan fingerprint density at radius 2 is 2.17 bits per heavy atom. The number of hydrogen-bond acceptors (Lipinski definition) is 5. The maximum atomic E-state index is 12.2. The standard InChI is InChI=1S/C17H18N2O3S/c1-11-8-13-9-12(2-3-14(13)22-11)10-15-16(20)18-17(23-15)19-4-6-21-7-5-19/h2-3,9-11H,4-8H2,1H3/b15-10-. The molecule has 5 nitrogen and oxygen atoms in total. The Balaban J connectivity index is 1.52. The third-order valence-corrected chi connectivity index (χ3v) is 5.15. The summed E-state index contributed by atoms with van der Waals surface area (Å²) in [5.41, 5.74) is 2.23. The van der Waals surface area contributed by atoms with Gasteiger partial charge in [-0.2, -0.15) is 4.99 Å². The van der Waals surface area contributed by atoms with Gasteiger partial charge in [-0.3, -0.25) is 4.79 Å². The average molecular weight is 330 g/mol. The molecule has 23 heavy (non-hydrogen) atoms. The summed E-state index contributed by atoms with van der Waals surface area (Å²) in [5.74, 6) is 0.803. The second kappa shape index (κ2) is 6.02. The molecule has 0 radical (unpaired) electrons. The zero-order chi connectivity index (χ0) is 15.8. The highest BCUT2D eigenvalue weighted by Crippen LogP contribution is 2.33. The molecule has 3 heterocycles. The lowest BCUT2D eigenvalue weighted by Crippen LogP contribution is -2.38. The molecular weight excluding hydrogens is 312 g/mol. The van der Waals surface area contributed by atoms with Gasteiger partial charge in [0.05, 0.1) is 18.1 Å². The van der Waals surface area contributed by atoms with E-state index in [0.29, 0.717) is 18.1 Å². The minimum atomic E-state index is -0.151. The van der Waals surface area contributed by atoms with Gasteiger partial charge in [-0.15, -0.1) is 0 Å². The maximum Gasteiger partial charge on any atom is 0.286 e. The summed E-state index contributed by atoms with van der Waals surface area (Å²) in [6, 6.07) is 6.08. The molecule has 1 aromatic carbocycles. The Kier molecular flexibility index (Phi) is 3.87. The highest BCUT2D eigenvalue weighted by Gasteiger charge is 2.27. The van der Waals surface area contributed by atoms with Crippen LogP contribution in [0.3, 0.4) is 0 Å². The molecule has 4 rings (SSSR count). The first-order valence-corrected chi connectivity index (χ1v) is 8.65. The van der Waals surface area contributed by atoms with Gasteiger partial charge in [0.25, 0.3) is 5.91 Å². The monoisotopic (exact) mass is 330 g/mol. The van der Waals surface area contributed by atoms with Crippen LogP contribution in [-0.4, -0.2) is 48.4 Å². The van der Waals surface area contributed by atoms with Crippen LogP contribution in [0.25, 0.3) is 6.08 Å². The number of ether oxygens (including phenoxy) is 2. The number of carbonyl (C=O) groups excluding carboxylic acids is 1. The van der Waals surface area contributed by atoms with E-state index in [-0.39, 0.29) is 12.0 Å². The summed E-state index contributed by atoms with van der Waals surface area (Å²) in [4.78, 5) is 19.1. The van der Waals surface area contributed by atoms with E-state index in [2.05, 4.69) is 22.9 Å². The molecule has 120 valence electrons. The van der Waals surface area contributed by atoms with Crippen LogP contribution in [0.15, 0.2) is 28.1 Å². The number of rotatable bonds is 1. The Bertz CT molecular complexity index is 708. The van der Waals surface area contributed by atoms with E-state index < -0.39 is 0 Å². The molecular formula is C17H18N2O3S. The minimum absolute atomic E-state index is 0.151. The smallest absolute Gasteiger partial charge is 0.286 e. The van der Waals surface area contributed by atoms with Crippen LogP contribution in [0.1, 0.15) is 18.1 Å². The summed E-state index contributed by atoms with van der Waals surface area (Å²) in [6.45, 7) is 5.03. The number of fused-ring (bicyclic) bond motifs is 1. The predicted octanol–water partition coefficient (Wildman–Crippen LogP) is 2.31. The maximum absolute atomic E-state index is 12.2. The molecule has 3 aliphatic rings. The highest BCUT2D eigenvalue weighted by atomic mass is 32.2. The number of amidine groups is 1. The van der Waals surface area contributed by atoms with Gasteiger partial charge in [-0.25, -0.2) is 0 Å². The normalized spacial score (nSPS) is 25.5. The average Bonchev–Trinajstić information content (AvgIpc) is 3.10. The predicted molar refractivity (Wildman–Crippen MR) is 90.6 cm³/mol. The summed E-state index contributed by atoms with van der Waals surface area (Å²) in [6.07, 6.45) is 3.07. The number of morpholine rings is 1. The van der Waals surface area contributed by atoms with Crippen LogP contribution in [0.5, 0.6) is 5.75 Å². The third kappa shape index (κ3) is 3.01. The number of aliphatic imine (C=N–C) groups is 1. The van der Waals surface area contributed by atoms with Crippen LogP contribution in [0, 0.1) is 0 Å². The van der Waals surface area contributed by atoms with Gasteiger partial charge in [0.1, 0.15) is 11.9 Å². The second-order valence-electron chi connectivity index (χ2n) is 5.91. The summed E-state index contributed by atoms with van der Waals surface area (Å²) >= 11 is 1.45. The summed E-state index contributed by atoms with van der Waals surface area (Å²) in [5, 5.41) is 0.794. The molecule has 1 atom stereocenters. The molecule has 6 heteroatoms. The van der Waals surface area contributed by atoms with Crippen LogP contribution in [-0.2, 0) is 16.0 Å². The number of carbonyl (C=O) groups is 1. The third-order valence-electron chi connectivity index (χ3n) is 4.11. The van der Waals surface area contributed by atoms with Gasteiger partial charge >= 0.3 is 0 Å². The molecule has 1 saturated heterocycles. The van der Waals surface area contributed by atoms with Gasteiger partial charge < -0.3 is 14.4 Å². The number of nitrogens with zero attached hydrogens (tertiary/aromatic N) is 2. The Hall–Kier alpha value is -1.79. The van der Waals surface area contributed by atoms with Crippen molar-refractivity contribution >= 4 is 28.9 Å². The lowest BCUT2D eigenvalue weighted by atomic mass is 10.1. The van der Waals surface area contributed by atoms with Crippen molar-refractivity contribution < 1.29 is 14.3 Å². The van der Waals surface area contributed by atoms with Gasteiger partial charge in [0, 0.05) is 19.5 Å². The van der Waals surface area contributed by atoms with Crippen molar-refractivity contribution in [3.8, 4) is 5.75 Å². The quantitative estimate of drug-likeness (QED) is 0.740. The van der Waals surface area contributed by atoms with Crippen LogP contribution < -0.4 is 4.74 Å². The van der Waals surface area contributed by atoms with Crippen LogP contribution in [0.4, 0.5) is 0 Å². The Morgan fingerprint density at radius 1 is 1.35 bits per heavy atom. The van der Waals surface area contributed by atoms with E-state index in [1.807, 2.05) is 18.2 Å². The SMILES string of the molecule is CC1Cc2cc(/C=C3\SC(N4CCOCC4)=NC3=O)ccc2O1. The van der Waals surface area contributed by atoms with Crippen molar-refractivity contribution in [2.45, 2.75) is 19.4 Å². The number of thioether (sulfide) groups is 1. The number of hydrogen-bond donors (Lipinski definition) is 0. The van der Waals surface area contributed by atoms with Gasteiger partial charge in [0.2, 0.25) is 0 Å². The number of amides is 1. The lowest BCUT2D eigenvalue weighted by molar-refractivity contribution is -0.113. The van der Waals surface area contributed by atoms with Gasteiger partial charge in [-0.05, 0) is 48.0 Å². The van der Waals surface area contributed by atoms with Gasteiger partial charge in [0.15, 0.2) is 5.17 Å². The fourth-order valence-corrected chi connectivity index (χ4v) is 3.94. The van der Waals surface area contributed by atoms with Crippen molar-refractivity contribution in [1.82, 2.24) is 4.90 Å². The zero-order valence-corrected chi connectivity index (χ0v) is 13.8. The molecule has 0 N–H and O–H groups in total. The second-order valence-corrected chi connectivity index (χ2v) is 6.92. The first-order valence-electron chi connectivity index (χ1n) is 7.84. The highest BCUT2D eigenvalue weighted by molar-refractivity contribution is 8.18. The largest absolute Gasteiger partial charge is 0.490 e. The molecule has 1 unspecified atom stereocenters. The lowest BCUT2D eigenvalue weighted by Gasteiger charge is -2.27. The molecule has 0 bridgehead atoms. The molecule has 1 fully saturated rings. The molecule has 0 spiro atoms. The van der Waals surface area contributed by atoms with E-state index in [1.54, 1.807) is 0 Å². The summed E-state index contributed by atoms with van der Waals surface area (Å²) < 4.78 is 11.1. The van der Waals surface area contributed by atoms with E-state index in [1.165, 1.54) is 17.3 Å². The molecule has 1 aromatic rings.